The quantitative estimate of drug-likeness (QED) is 0.597. The Labute approximate surface area is 155 Å². The normalized spacial score (nSPS) is 11.2. The van der Waals surface area contributed by atoms with Gasteiger partial charge in [-0.05, 0) is 66.8 Å². The summed E-state index contributed by atoms with van der Waals surface area (Å²) in [6.07, 6.45) is 1.57. The molecule has 0 aliphatic heterocycles. The van der Waals surface area contributed by atoms with Gasteiger partial charge in [-0.1, -0.05) is 32.0 Å². The fourth-order valence-corrected chi connectivity index (χ4v) is 2.26. The molecule has 0 heterocycles. The van der Waals surface area contributed by atoms with E-state index in [9.17, 15) is 10.1 Å². The lowest BCUT2D eigenvalue weighted by molar-refractivity contribution is -0.112. The van der Waals surface area contributed by atoms with Gasteiger partial charge in [0.15, 0.2) is 0 Å². The molecular formula is C22H24N2O2. The van der Waals surface area contributed by atoms with Gasteiger partial charge >= 0.3 is 0 Å². The monoisotopic (exact) mass is 348 g/mol. The van der Waals surface area contributed by atoms with Crippen molar-refractivity contribution in [3.05, 3.63) is 64.7 Å². The Bertz CT molecular complexity index is 843. The zero-order valence-electron chi connectivity index (χ0n) is 15.7. The number of nitrogens with one attached hydrogen (secondary N) is 1. The van der Waals surface area contributed by atoms with Crippen LogP contribution >= 0.6 is 0 Å². The molecule has 2 aromatic rings. The Kier molecular flexibility index (Phi) is 6.57. The molecule has 0 aliphatic rings. The number of carbonyl (C=O) groups excluding carboxylic acids is 1. The molecule has 0 aromatic heterocycles. The maximum atomic E-state index is 12.4. The van der Waals surface area contributed by atoms with E-state index in [1.54, 1.807) is 6.08 Å². The summed E-state index contributed by atoms with van der Waals surface area (Å²) in [6, 6.07) is 15.0. The van der Waals surface area contributed by atoms with E-state index in [1.165, 1.54) is 0 Å². The lowest BCUT2D eigenvalue weighted by Gasteiger charge is -2.09. The zero-order chi connectivity index (χ0) is 19.1. The highest BCUT2D eigenvalue weighted by molar-refractivity contribution is 6.09. The standard InChI is InChI=1S/C22H24N2O2/c1-15(2)14-26-21-9-6-18(7-10-21)12-19(13-23)22(25)24-20-8-5-16(3)17(4)11-20/h5-12,15H,14H2,1-4H3,(H,24,25)/b19-12+. The largest absolute Gasteiger partial charge is 0.493 e. The number of carbonyl (C=O) groups is 1. The van der Waals surface area contributed by atoms with Crippen molar-refractivity contribution in [2.45, 2.75) is 27.7 Å². The van der Waals surface area contributed by atoms with Gasteiger partial charge in [0.2, 0.25) is 0 Å². The third-order valence-electron chi connectivity index (χ3n) is 3.90. The number of hydrogen-bond donors (Lipinski definition) is 1. The van der Waals surface area contributed by atoms with Crippen LogP contribution in [0.2, 0.25) is 0 Å². The summed E-state index contributed by atoms with van der Waals surface area (Å²) in [4.78, 5) is 12.4. The van der Waals surface area contributed by atoms with Gasteiger partial charge in [0, 0.05) is 5.69 Å². The van der Waals surface area contributed by atoms with E-state index in [2.05, 4.69) is 19.2 Å². The Morgan fingerprint density at radius 2 is 1.85 bits per heavy atom. The Hall–Kier alpha value is -3.06. The van der Waals surface area contributed by atoms with Crippen LogP contribution in [-0.2, 0) is 4.79 Å². The molecule has 26 heavy (non-hydrogen) atoms. The Morgan fingerprint density at radius 1 is 1.15 bits per heavy atom. The third kappa shape index (κ3) is 5.49. The molecule has 134 valence electrons. The lowest BCUT2D eigenvalue weighted by Crippen LogP contribution is -2.13. The molecule has 0 unspecified atom stereocenters. The molecule has 4 nitrogen and oxygen atoms in total. The van der Waals surface area contributed by atoms with Gasteiger partial charge in [0.25, 0.3) is 5.91 Å². The summed E-state index contributed by atoms with van der Waals surface area (Å²) in [6.45, 7) is 8.82. The molecule has 0 saturated heterocycles. The van der Waals surface area contributed by atoms with Crippen LogP contribution in [0.15, 0.2) is 48.0 Å². The highest BCUT2D eigenvalue weighted by atomic mass is 16.5. The molecule has 1 amide bonds. The first kappa shape index (κ1) is 19.3. The van der Waals surface area contributed by atoms with Crippen molar-refractivity contribution in [1.82, 2.24) is 0 Å². The second-order valence-electron chi connectivity index (χ2n) is 6.70. The minimum atomic E-state index is -0.420. The highest BCUT2D eigenvalue weighted by Gasteiger charge is 2.10. The first-order chi connectivity index (χ1) is 12.4. The van der Waals surface area contributed by atoms with Gasteiger partial charge in [0.05, 0.1) is 6.61 Å². The van der Waals surface area contributed by atoms with Gasteiger partial charge in [-0.15, -0.1) is 0 Å². The number of ether oxygens (including phenoxy) is 1. The molecule has 1 N–H and O–H groups in total. The number of nitrogens with zero attached hydrogens (tertiary/aromatic N) is 1. The molecule has 0 atom stereocenters. The summed E-state index contributed by atoms with van der Waals surface area (Å²) >= 11 is 0. The van der Waals surface area contributed by atoms with E-state index in [0.717, 1.165) is 22.4 Å². The molecule has 0 radical (unpaired) electrons. The molecule has 0 saturated carbocycles. The summed E-state index contributed by atoms with van der Waals surface area (Å²) in [7, 11) is 0. The van der Waals surface area contributed by atoms with Crippen LogP contribution in [0.5, 0.6) is 5.75 Å². The van der Waals surface area contributed by atoms with Crippen LogP contribution in [-0.4, -0.2) is 12.5 Å². The first-order valence-electron chi connectivity index (χ1n) is 8.62. The van der Waals surface area contributed by atoms with Crippen molar-refractivity contribution >= 4 is 17.7 Å². The maximum absolute atomic E-state index is 12.4. The Balaban J connectivity index is 2.09. The minimum Gasteiger partial charge on any atom is -0.493 e. The van der Waals surface area contributed by atoms with Gasteiger partial charge in [0.1, 0.15) is 17.4 Å². The van der Waals surface area contributed by atoms with Gasteiger partial charge in [-0.25, -0.2) is 0 Å². The second-order valence-corrected chi connectivity index (χ2v) is 6.70. The summed E-state index contributed by atoms with van der Waals surface area (Å²) in [5.41, 5.74) is 3.74. The van der Waals surface area contributed by atoms with Crippen LogP contribution in [0.4, 0.5) is 5.69 Å². The molecule has 0 bridgehead atoms. The molecule has 2 rings (SSSR count). The van der Waals surface area contributed by atoms with E-state index in [4.69, 9.17) is 4.74 Å². The second kappa shape index (κ2) is 8.87. The molecular weight excluding hydrogens is 324 g/mol. The van der Waals surface area contributed by atoms with E-state index in [-0.39, 0.29) is 5.57 Å². The fourth-order valence-electron chi connectivity index (χ4n) is 2.26. The van der Waals surface area contributed by atoms with Gasteiger partial charge in [-0.2, -0.15) is 5.26 Å². The smallest absolute Gasteiger partial charge is 0.266 e. The van der Waals surface area contributed by atoms with Crippen LogP contribution in [0.25, 0.3) is 6.08 Å². The molecule has 0 spiro atoms. The Morgan fingerprint density at radius 3 is 2.42 bits per heavy atom. The predicted octanol–water partition coefficient (Wildman–Crippen LogP) is 4.88. The van der Waals surface area contributed by atoms with Crippen molar-refractivity contribution in [2.24, 2.45) is 5.92 Å². The fraction of sp³-hybridized carbons (Fsp3) is 0.273. The minimum absolute atomic E-state index is 0.0547. The van der Waals surface area contributed by atoms with Crippen molar-refractivity contribution in [3.63, 3.8) is 0 Å². The highest BCUT2D eigenvalue weighted by Crippen LogP contribution is 2.18. The van der Waals surface area contributed by atoms with Crippen molar-refractivity contribution in [3.8, 4) is 11.8 Å². The van der Waals surface area contributed by atoms with Crippen LogP contribution in [0, 0.1) is 31.1 Å². The molecule has 0 fully saturated rings. The number of nitriles is 1. The maximum Gasteiger partial charge on any atom is 0.266 e. The number of amides is 1. The van der Waals surface area contributed by atoms with Gasteiger partial charge in [-0.3, -0.25) is 4.79 Å². The van der Waals surface area contributed by atoms with Crippen LogP contribution < -0.4 is 10.1 Å². The third-order valence-corrected chi connectivity index (χ3v) is 3.90. The number of anilines is 1. The van der Waals surface area contributed by atoms with Crippen molar-refractivity contribution in [1.29, 1.82) is 5.26 Å². The van der Waals surface area contributed by atoms with Crippen molar-refractivity contribution < 1.29 is 9.53 Å². The first-order valence-corrected chi connectivity index (χ1v) is 8.62. The topological polar surface area (TPSA) is 62.1 Å². The lowest BCUT2D eigenvalue weighted by atomic mass is 10.1. The average molecular weight is 348 g/mol. The van der Waals surface area contributed by atoms with Crippen LogP contribution in [0.3, 0.4) is 0 Å². The van der Waals surface area contributed by atoms with Crippen molar-refractivity contribution in [2.75, 3.05) is 11.9 Å². The summed E-state index contributed by atoms with van der Waals surface area (Å²) < 4.78 is 5.64. The number of rotatable bonds is 6. The predicted molar refractivity (Wildman–Crippen MR) is 105 cm³/mol. The van der Waals surface area contributed by atoms with E-state index < -0.39 is 5.91 Å². The number of benzene rings is 2. The zero-order valence-corrected chi connectivity index (χ0v) is 15.7. The summed E-state index contributed by atoms with van der Waals surface area (Å²) in [5, 5.41) is 12.1. The summed E-state index contributed by atoms with van der Waals surface area (Å²) in [5.74, 6) is 0.804. The van der Waals surface area contributed by atoms with E-state index in [0.29, 0.717) is 18.2 Å². The van der Waals surface area contributed by atoms with Crippen LogP contribution in [0.1, 0.15) is 30.5 Å². The van der Waals surface area contributed by atoms with E-state index >= 15 is 0 Å². The SMILES string of the molecule is Cc1ccc(NC(=O)/C(C#N)=C/c2ccc(OCC(C)C)cc2)cc1C. The van der Waals surface area contributed by atoms with E-state index in [1.807, 2.05) is 62.4 Å². The number of aryl methyl sites for hydroxylation is 2. The molecule has 2 aromatic carbocycles. The average Bonchev–Trinajstić information content (AvgIpc) is 2.61. The molecule has 4 heteroatoms. The number of hydrogen-bond acceptors (Lipinski definition) is 3. The van der Waals surface area contributed by atoms with Gasteiger partial charge < -0.3 is 10.1 Å². The molecule has 0 aliphatic carbocycles.